The Balaban J connectivity index is 4.80. The minimum Gasteiger partial charge on any atom is -0.463 e. The van der Waals surface area contributed by atoms with Crippen molar-refractivity contribution in [2.24, 2.45) is 10.2 Å². The van der Waals surface area contributed by atoms with Gasteiger partial charge >= 0.3 is 23.5 Å². The van der Waals surface area contributed by atoms with Gasteiger partial charge in [-0.05, 0) is 21.3 Å². The lowest BCUT2D eigenvalue weighted by Crippen LogP contribution is -2.33. The lowest BCUT2D eigenvalue weighted by molar-refractivity contribution is -0.164. The highest BCUT2D eigenvalue weighted by molar-refractivity contribution is 6.76. The molecule has 0 aromatic carbocycles. The van der Waals surface area contributed by atoms with Gasteiger partial charge in [-0.15, -0.1) is 0 Å². The molecule has 0 aliphatic heterocycles. The van der Waals surface area contributed by atoms with E-state index < -0.39 is 29.9 Å². The Kier molecular flexibility index (Phi) is 5.98. The maximum Gasteiger partial charge on any atom is 0.384 e. The zero-order valence-corrected chi connectivity index (χ0v) is 8.71. The van der Waals surface area contributed by atoms with Crippen molar-refractivity contribution in [2.45, 2.75) is 6.35 Å². The summed E-state index contributed by atoms with van der Waals surface area (Å²) in [6.45, 7) is 0. The number of carbonyl (C=O) groups is 4. The molecule has 0 unspecified atom stereocenters. The fourth-order valence-electron chi connectivity index (χ4n) is 0.586. The first-order chi connectivity index (χ1) is 8.47. The van der Waals surface area contributed by atoms with E-state index in [9.17, 15) is 19.2 Å². The number of hydrogen-bond acceptors (Lipinski definition) is 8. The van der Waals surface area contributed by atoms with Crippen molar-refractivity contribution in [3.8, 4) is 0 Å². The molecule has 0 aromatic rings. The lowest BCUT2D eigenvalue weighted by Gasteiger charge is -2.04. The van der Waals surface area contributed by atoms with Crippen molar-refractivity contribution >= 4 is 23.5 Å². The summed E-state index contributed by atoms with van der Waals surface area (Å²) in [5.74, 6) is -7.02. The maximum absolute atomic E-state index is 11.0. The summed E-state index contributed by atoms with van der Waals surface area (Å²) in [5, 5.41) is 5.40. The summed E-state index contributed by atoms with van der Waals surface area (Å²) in [4.78, 5) is 47.8. The quantitative estimate of drug-likeness (QED) is 0.157. The summed E-state index contributed by atoms with van der Waals surface area (Å²) >= 11 is 0. The summed E-state index contributed by atoms with van der Waals surface area (Å²) in [6, 6.07) is 0. The number of ketones is 2. The molecule has 0 rings (SSSR count). The molecular formula is C6H4N6O6. The van der Waals surface area contributed by atoms with Crippen molar-refractivity contribution in [3.05, 3.63) is 20.9 Å². The maximum atomic E-state index is 11.0. The Morgan fingerprint density at radius 2 is 1.44 bits per heavy atom. The second kappa shape index (κ2) is 7.22. The van der Waals surface area contributed by atoms with Gasteiger partial charge in [-0.25, -0.2) is 9.59 Å². The Hall–Kier alpha value is -3.10. The molecule has 0 amide bonds. The number of azide groups is 1. The molecule has 0 aliphatic rings. The third-order valence-electron chi connectivity index (χ3n) is 1.28. The highest BCUT2D eigenvalue weighted by atomic mass is 16.6. The largest absolute Gasteiger partial charge is 0.463 e. The Morgan fingerprint density at radius 1 is 1.00 bits per heavy atom. The molecule has 0 saturated heterocycles. The van der Waals surface area contributed by atoms with E-state index in [4.69, 9.17) is 11.1 Å². The third kappa shape index (κ3) is 4.18. The molecule has 0 bridgehead atoms. The van der Waals surface area contributed by atoms with E-state index in [-0.39, 0.29) is 0 Å². The van der Waals surface area contributed by atoms with Crippen molar-refractivity contribution in [3.63, 3.8) is 0 Å². The fourth-order valence-corrected chi connectivity index (χ4v) is 0.586. The average Bonchev–Trinajstić information content (AvgIpc) is 2.36. The molecule has 18 heavy (non-hydrogen) atoms. The summed E-state index contributed by atoms with van der Waals surface area (Å²) in [7, 11) is 0.821. The van der Waals surface area contributed by atoms with Crippen LogP contribution in [0.1, 0.15) is 0 Å². The van der Waals surface area contributed by atoms with Crippen molar-refractivity contribution < 1.29 is 28.7 Å². The highest BCUT2D eigenvalue weighted by Gasteiger charge is 2.32. The van der Waals surface area contributed by atoms with Crippen LogP contribution >= 0.6 is 0 Å². The average molecular weight is 256 g/mol. The first-order valence-electron chi connectivity index (χ1n) is 3.94. The predicted octanol–water partition coefficient (Wildman–Crippen LogP) is -0.255. The number of hydrogen-bond donors (Lipinski definition) is 0. The molecule has 12 nitrogen and oxygen atoms in total. The number of methoxy groups -OCH3 is 1. The van der Waals surface area contributed by atoms with Crippen LogP contribution in [0.5, 0.6) is 0 Å². The SMILES string of the molecule is COC(=O)C(=O)C(=O)C(=O)OC(N=[N+]=[N-])N=[N+]=[N-]. The molecule has 0 N–H and O–H groups in total. The smallest absolute Gasteiger partial charge is 0.384 e. The minimum atomic E-state index is -1.98. The molecule has 0 spiro atoms. The number of rotatable bonds is 6. The molecule has 94 valence electrons. The topological polar surface area (TPSA) is 184 Å². The summed E-state index contributed by atoms with van der Waals surface area (Å²) < 4.78 is 7.95. The van der Waals surface area contributed by atoms with Gasteiger partial charge in [0.2, 0.25) is 0 Å². The third-order valence-corrected chi connectivity index (χ3v) is 1.28. The van der Waals surface area contributed by atoms with E-state index in [0.717, 1.165) is 7.11 Å². The second-order valence-corrected chi connectivity index (χ2v) is 2.29. The summed E-state index contributed by atoms with van der Waals surface area (Å²) in [5.41, 5.74) is 16.0. The van der Waals surface area contributed by atoms with Crippen LogP contribution in [0.2, 0.25) is 0 Å². The Labute approximate surface area is 97.7 Å². The number of esters is 2. The molecule has 0 atom stereocenters. The van der Waals surface area contributed by atoms with Gasteiger partial charge in [-0.3, -0.25) is 9.59 Å². The van der Waals surface area contributed by atoms with E-state index in [0.29, 0.717) is 0 Å². The zero-order valence-electron chi connectivity index (χ0n) is 8.71. The van der Waals surface area contributed by atoms with Crippen LogP contribution in [0.3, 0.4) is 0 Å². The van der Waals surface area contributed by atoms with Crippen LogP contribution in [0.4, 0.5) is 0 Å². The molecule has 0 saturated carbocycles. The molecular weight excluding hydrogens is 252 g/mol. The zero-order chi connectivity index (χ0) is 14.1. The minimum absolute atomic E-state index is 0.821. The van der Waals surface area contributed by atoms with E-state index >= 15 is 0 Å². The normalized spacial score (nSPS) is 10.1. The van der Waals surface area contributed by atoms with E-state index in [1.807, 2.05) is 0 Å². The van der Waals surface area contributed by atoms with Crippen LogP contribution < -0.4 is 0 Å². The second-order valence-electron chi connectivity index (χ2n) is 2.29. The van der Waals surface area contributed by atoms with Crippen LogP contribution in [-0.4, -0.2) is 37.0 Å². The van der Waals surface area contributed by atoms with Crippen LogP contribution in [0.15, 0.2) is 10.2 Å². The van der Waals surface area contributed by atoms with E-state index in [2.05, 4.69) is 29.5 Å². The molecule has 12 heteroatoms. The van der Waals surface area contributed by atoms with Crippen LogP contribution in [0.25, 0.3) is 20.9 Å². The van der Waals surface area contributed by atoms with E-state index in [1.54, 1.807) is 0 Å². The van der Waals surface area contributed by atoms with Gasteiger partial charge in [0.15, 0.2) is 0 Å². The molecule has 0 radical (unpaired) electrons. The Bertz CT molecular complexity index is 469. The highest BCUT2D eigenvalue weighted by Crippen LogP contribution is 1.99. The predicted molar refractivity (Wildman–Crippen MR) is 50.2 cm³/mol. The number of Topliss-reactive ketones (excluding diaryl/α,β-unsaturated/α-hetero) is 2. The van der Waals surface area contributed by atoms with Gasteiger partial charge in [0.05, 0.1) is 7.11 Å². The Morgan fingerprint density at radius 3 is 1.83 bits per heavy atom. The number of carbonyl (C=O) groups excluding carboxylic acids is 4. The first-order valence-corrected chi connectivity index (χ1v) is 3.94. The van der Waals surface area contributed by atoms with Gasteiger partial charge < -0.3 is 9.47 Å². The lowest BCUT2D eigenvalue weighted by atomic mass is 10.2. The van der Waals surface area contributed by atoms with Crippen molar-refractivity contribution in [2.75, 3.05) is 7.11 Å². The van der Waals surface area contributed by atoms with Gasteiger partial charge in [0.1, 0.15) is 0 Å². The monoisotopic (exact) mass is 256 g/mol. The molecule has 0 fully saturated rings. The number of ether oxygens (including phenoxy) is 2. The first kappa shape index (κ1) is 14.9. The van der Waals surface area contributed by atoms with Gasteiger partial charge in [-0.2, -0.15) is 0 Å². The van der Waals surface area contributed by atoms with E-state index in [1.165, 1.54) is 0 Å². The van der Waals surface area contributed by atoms with Crippen molar-refractivity contribution in [1.29, 1.82) is 0 Å². The fraction of sp³-hybridized carbons (Fsp3) is 0.333. The summed E-state index contributed by atoms with van der Waals surface area (Å²) in [6.07, 6.45) is -1.98. The standard InChI is InChI=1S/C6H4N6O6/c1-17-4(15)2(13)3(14)5(16)18-6(9-11-7)10-12-8/h6H,1H3. The van der Waals surface area contributed by atoms with Gasteiger partial charge in [-0.1, -0.05) is 0 Å². The molecule has 0 heterocycles. The van der Waals surface area contributed by atoms with Crippen LogP contribution in [-0.2, 0) is 28.7 Å². The van der Waals surface area contributed by atoms with Gasteiger partial charge in [0.25, 0.3) is 6.35 Å². The molecule has 0 aromatic heterocycles. The molecule has 0 aliphatic carbocycles. The van der Waals surface area contributed by atoms with Gasteiger partial charge in [0, 0.05) is 9.82 Å². The van der Waals surface area contributed by atoms with Crippen molar-refractivity contribution in [1.82, 2.24) is 0 Å². The van der Waals surface area contributed by atoms with Crippen LogP contribution in [0, 0.1) is 0 Å². The number of nitrogens with zero attached hydrogens (tertiary/aromatic N) is 6.